The molecule has 0 heterocycles. The Morgan fingerprint density at radius 3 is 2.35 bits per heavy atom. The summed E-state index contributed by atoms with van der Waals surface area (Å²) in [5.74, 6) is -0.222. The van der Waals surface area contributed by atoms with Crippen molar-refractivity contribution >= 4 is 5.97 Å². The van der Waals surface area contributed by atoms with Crippen LogP contribution >= 0.6 is 0 Å². The highest BCUT2D eigenvalue weighted by Gasteiger charge is 2.18. The molecule has 0 aliphatic heterocycles. The maximum Gasteiger partial charge on any atom is 0.338 e. The van der Waals surface area contributed by atoms with Crippen molar-refractivity contribution in [2.45, 2.75) is 47.1 Å². The molecule has 94 valence electrons. The third-order valence-corrected chi connectivity index (χ3v) is 2.30. The van der Waals surface area contributed by atoms with Gasteiger partial charge in [-0.2, -0.15) is 0 Å². The Morgan fingerprint density at radius 1 is 1.24 bits per heavy atom. The third kappa shape index (κ3) is 4.59. The molecule has 1 aromatic rings. The van der Waals surface area contributed by atoms with Crippen LogP contribution in [0.25, 0.3) is 0 Å². The summed E-state index contributed by atoms with van der Waals surface area (Å²) in [5.41, 5.74) is 1.91. The Morgan fingerprint density at radius 2 is 1.82 bits per heavy atom. The van der Waals surface area contributed by atoms with Crippen LogP contribution in [0.3, 0.4) is 0 Å². The van der Waals surface area contributed by atoms with Gasteiger partial charge in [-0.05, 0) is 37.3 Å². The first-order valence-corrected chi connectivity index (χ1v) is 6.08. The fourth-order valence-electron chi connectivity index (χ4n) is 1.72. The molecular formula is C15H22O2. The fraction of sp³-hybridized carbons (Fsp3) is 0.533. The molecule has 2 heteroatoms. The topological polar surface area (TPSA) is 26.3 Å². The van der Waals surface area contributed by atoms with Crippen LogP contribution in [0.1, 0.15) is 50.5 Å². The van der Waals surface area contributed by atoms with E-state index in [1.807, 2.05) is 38.1 Å². The van der Waals surface area contributed by atoms with Crippen molar-refractivity contribution in [1.82, 2.24) is 0 Å². The lowest BCUT2D eigenvalue weighted by atomic mass is 9.86. The molecule has 0 radical (unpaired) electrons. The van der Waals surface area contributed by atoms with Crippen molar-refractivity contribution in [3.8, 4) is 0 Å². The Bertz CT molecular complexity index is 386. The van der Waals surface area contributed by atoms with Crippen LogP contribution in [0, 0.1) is 5.41 Å². The summed E-state index contributed by atoms with van der Waals surface area (Å²) in [4.78, 5) is 11.9. The highest BCUT2D eigenvalue weighted by molar-refractivity contribution is 5.91. The number of benzene rings is 1. The van der Waals surface area contributed by atoms with Gasteiger partial charge in [-0.3, -0.25) is 0 Å². The molecular weight excluding hydrogens is 212 g/mol. The normalized spacial score (nSPS) is 11.6. The van der Waals surface area contributed by atoms with Crippen molar-refractivity contribution in [1.29, 1.82) is 0 Å². The van der Waals surface area contributed by atoms with Crippen LogP contribution in [0.5, 0.6) is 0 Å². The minimum absolute atomic E-state index is 0.0785. The van der Waals surface area contributed by atoms with E-state index in [0.717, 1.165) is 12.0 Å². The molecule has 0 aliphatic rings. The largest absolute Gasteiger partial charge is 0.459 e. The molecule has 1 aromatic carbocycles. The second kappa shape index (κ2) is 5.35. The van der Waals surface area contributed by atoms with Crippen LogP contribution in [0.15, 0.2) is 24.3 Å². The number of ether oxygens (including phenoxy) is 1. The van der Waals surface area contributed by atoms with Gasteiger partial charge >= 0.3 is 5.97 Å². The van der Waals surface area contributed by atoms with Gasteiger partial charge in [0.05, 0.1) is 11.7 Å². The minimum Gasteiger partial charge on any atom is -0.459 e. The predicted molar refractivity (Wildman–Crippen MR) is 70.2 cm³/mol. The zero-order chi connectivity index (χ0) is 13.1. The highest BCUT2D eigenvalue weighted by atomic mass is 16.5. The number of hydrogen-bond donors (Lipinski definition) is 0. The standard InChI is InChI=1S/C15H22O2/c1-11(2)17-14(16)13-9-7-6-8-12(13)10-15(3,4)5/h6-9,11H,10H2,1-5H3. The predicted octanol–water partition coefficient (Wildman–Crippen LogP) is 3.84. The van der Waals surface area contributed by atoms with E-state index in [1.54, 1.807) is 0 Å². The number of rotatable bonds is 3. The van der Waals surface area contributed by atoms with Crippen molar-refractivity contribution in [3.05, 3.63) is 35.4 Å². The maximum atomic E-state index is 11.9. The summed E-state index contributed by atoms with van der Waals surface area (Å²) < 4.78 is 5.25. The zero-order valence-electron chi connectivity index (χ0n) is 11.4. The van der Waals surface area contributed by atoms with Crippen LogP contribution in [0.2, 0.25) is 0 Å². The van der Waals surface area contributed by atoms with Crippen LogP contribution < -0.4 is 0 Å². The first-order valence-electron chi connectivity index (χ1n) is 6.08. The van der Waals surface area contributed by atoms with Crippen molar-refractivity contribution in [2.24, 2.45) is 5.41 Å². The molecule has 2 nitrogen and oxygen atoms in total. The lowest BCUT2D eigenvalue weighted by molar-refractivity contribution is 0.0376. The molecule has 0 spiro atoms. The molecule has 0 amide bonds. The van der Waals surface area contributed by atoms with E-state index in [0.29, 0.717) is 5.56 Å². The summed E-state index contributed by atoms with van der Waals surface area (Å²) in [6, 6.07) is 7.68. The Labute approximate surface area is 104 Å². The van der Waals surface area contributed by atoms with E-state index in [1.165, 1.54) is 0 Å². The first-order chi connectivity index (χ1) is 7.79. The molecule has 0 bridgehead atoms. The Balaban J connectivity index is 2.95. The summed E-state index contributed by atoms with van der Waals surface area (Å²) >= 11 is 0. The second-order valence-corrected chi connectivity index (χ2v) is 5.85. The summed E-state index contributed by atoms with van der Waals surface area (Å²) in [6.07, 6.45) is 0.793. The van der Waals surface area contributed by atoms with Crippen molar-refractivity contribution in [3.63, 3.8) is 0 Å². The van der Waals surface area contributed by atoms with Crippen molar-refractivity contribution < 1.29 is 9.53 Å². The van der Waals surface area contributed by atoms with Gasteiger partial charge in [0.15, 0.2) is 0 Å². The molecule has 0 unspecified atom stereocenters. The van der Waals surface area contributed by atoms with E-state index in [4.69, 9.17) is 4.74 Å². The van der Waals surface area contributed by atoms with E-state index in [-0.39, 0.29) is 17.5 Å². The summed E-state index contributed by atoms with van der Waals surface area (Å²) in [7, 11) is 0. The number of hydrogen-bond acceptors (Lipinski definition) is 2. The van der Waals surface area contributed by atoms with Gasteiger partial charge in [-0.15, -0.1) is 0 Å². The van der Waals surface area contributed by atoms with Gasteiger partial charge in [0.2, 0.25) is 0 Å². The molecule has 0 atom stereocenters. The zero-order valence-corrected chi connectivity index (χ0v) is 11.4. The van der Waals surface area contributed by atoms with Gasteiger partial charge in [-0.25, -0.2) is 4.79 Å². The van der Waals surface area contributed by atoms with Gasteiger partial charge in [-0.1, -0.05) is 39.0 Å². The summed E-state index contributed by atoms with van der Waals surface area (Å²) in [5, 5.41) is 0. The molecule has 0 aliphatic carbocycles. The van der Waals surface area contributed by atoms with Crippen LogP contribution in [-0.2, 0) is 11.2 Å². The quantitative estimate of drug-likeness (QED) is 0.743. The summed E-state index contributed by atoms with van der Waals surface area (Å²) in [6.45, 7) is 10.2. The van der Waals surface area contributed by atoms with Crippen LogP contribution in [0.4, 0.5) is 0 Å². The number of esters is 1. The average Bonchev–Trinajstić information content (AvgIpc) is 2.14. The monoisotopic (exact) mass is 234 g/mol. The van der Waals surface area contributed by atoms with E-state index >= 15 is 0 Å². The lowest BCUT2D eigenvalue weighted by Crippen LogP contribution is -2.16. The molecule has 0 fully saturated rings. The molecule has 0 saturated heterocycles. The lowest BCUT2D eigenvalue weighted by Gasteiger charge is -2.20. The van der Waals surface area contributed by atoms with Crippen LogP contribution in [-0.4, -0.2) is 12.1 Å². The van der Waals surface area contributed by atoms with Gasteiger partial charge < -0.3 is 4.74 Å². The van der Waals surface area contributed by atoms with Gasteiger partial charge in [0, 0.05) is 0 Å². The van der Waals surface area contributed by atoms with E-state index in [2.05, 4.69) is 20.8 Å². The smallest absolute Gasteiger partial charge is 0.338 e. The van der Waals surface area contributed by atoms with Crippen molar-refractivity contribution in [2.75, 3.05) is 0 Å². The third-order valence-electron chi connectivity index (χ3n) is 2.30. The molecule has 17 heavy (non-hydrogen) atoms. The molecule has 0 saturated carbocycles. The van der Waals surface area contributed by atoms with Gasteiger partial charge in [0.1, 0.15) is 0 Å². The molecule has 0 N–H and O–H groups in total. The first kappa shape index (κ1) is 13.8. The van der Waals surface area contributed by atoms with Gasteiger partial charge in [0.25, 0.3) is 0 Å². The molecule has 1 rings (SSSR count). The SMILES string of the molecule is CC(C)OC(=O)c1ccccc1CC(C)(C)C. The minimum atomic E-state index is -0.222. The number of carbonyl (C=O) groups excluding carboxylic acids is 1. The second-order valence-electron chi connectivity index (χ2n) is 5.85. The molecule has 0 aromatic heterocycles. The fourth-order valence-corrected chi connectivity index (χ4v) is 1.72. The van der Waals surface area contributed by atoms with E-state index < -0.39 is 0 Å². The highest BCUT2D eigenvalue weighted by Crippen LogP contribution is 2.23. The Hall–Kier alpha value is -1.31. The average molecular weight is 234 g/mol. The Kier molecular flexibility index (Phi) is 4.33. The van der Waals surface area contributed by atoms with E-state index in [9.17, 15) is 4.79 Å². The maximum absolute atomic E-state index is 11.9. The number of carbonyl (C=O) groups is 1.